The number of anilines is 2. The highest BCUT2D eigenvalue weighted by Gasteiger charge is 2.23. The smallest absolute Gasteiger partial charge is 0.330 e. The van der Waals surface area contributed by atoms with E-state index in [1.165, 1.54) is 15.5 Å². The topological polar surface area (TPSA) is 127 Å². The zero-order chi connectivity index (χ0) is 24.0. The number of aromatic amines is 1. The van der Waals surface area contributed by atoms with Crippen molar-refractivity contribution in [2.45, 2.75) is 46.6 Å². The summed E-state index contributed by atoms with van der Waals surface area (Å²) in [6.45, 7) is 6.69. The number of nitrogens with one attached hydrogen (secondary N) is 1. The molecule has 9 nitrogen and oxygen atoms in total. The van der Waals surface area contributed by atoms with Gasteiger partial charge in [-0.15, -0.1) is 0 Å². The van der Waals surface area contributed by atoms with Gasteiger partial charge in [0.1, 0.15) is 5.82 Å². The summed E-state index contributed by atoms with van der Waals surface area (Å²) in [5, 5.41) is 0. The molecule has 3 N–H and O–H groups in total. The van der Waals surface area contributed by atoms with Gasteiger partial charge >= 0.3 is 5.69 Å². The first-order valence-corrected chi connectivity index (χ1v) is 11.2. The van der Waals surface area contributed by atoms with E-state index >= 15 is 0 Å². The lowest BCUT2D eigenvalue weighted by Crippen LogP contribution is -2.41. The third-order valence-corrected chi connectivity index (χ3v) is 5.28. The molecule has 0 bridgehead atoms. The Morgan fingerprint density at radius 2 is 1.97 bits per heavy atom. The molecule has 174 valence electrons. The SMILES string of the molecule is CCCCn1c(N)c(N(CCC(C)C)C(=O)/C=C/c2cnc3ccccc3n2)c(=O)[nH]c1=O. The molecule has 2 aromatic heterocycles. The van der Waals surface area contributed by atoms with Gasteiger partial charge in [-0.25, -0.2) is 9.78 Å². The Morgan fingerprint density at radius 3 is 2.67 bits per heavy atom. The van der Waals surface area contributed by atoms with E-state index in [4.69, 9.17) is 5.73 Å². The summed E-state index contributed by atoms with van der Waals surface area (Å²) in [4.78, 5) is 50.7. The Balaban J connectivity index is 1.98. The minimum atomic E-state index is -0.679. The maximum atomic E-state index is 13.2. The molecule has 2 heterocycles. The van der Waals surface area contributed by atoms with Gasteiger partial charge in [-0.05, 0) is 37.0 Å². The molecule has 9 heteroatoms. The molecule has 33 heavy (non-hydrogen) atoms. The number of carbonyl (C=O) groups excluding carboxylic acids is 1. The van der Waals surface area contributed by atoms with Gasteiger partial charge in [0.05, 0.1) is 22.9 Å². The van der Waals surface area contributed by atoms with Crippen molar-refractivity contribution in [2.75, 3.05) is 17.2 Å². The number of nitrogens with zero attached hydrogens (tertiary/aromatic N) is 4. The fourth-order valence-electron chi connectivity index (χ4n) is 3.39. The molecule has 0 atom stereocenters. The maximum Gasteiger partial charge on any atom is 0.330 e. The Labute approximate surface area is 192 Å². The van der Waals surface area contributed by atoms with E-state index in [1.807, 2.05) is 45.0 Å². The van der Waals surface area contributed by atoms with E-state index < -0.39 is 17.2 Å². The standard InChI is InChI=1S/C24H30N6O3/c1-4-5-13-30-22(25)21(23(32)28-24(30)33)29(14-12-16(2)3)20(31)11-10-17-15-26-18-8-6-7-9-19(18)27-17/h6-11,15-16H,4-5,12-14,25H2,1-3H3,(H,28,32,33)/b11-10+. The van der Waals surface area contributed by atoms with E-state index in [9.17, 15) is 14.4 Å². The molecule has 0 spiro atoms. The fraction of sp³-hybridized carbons (Fsp3) is 0.375. The van der Waals surface area contributed by atoms with Crippen molar-refractivity contribution in [1.29, 1.82) is 0 Å². The van der Waals surface area contributed by atoms with Crippen LogP contribution in [0.4, 0.5) is 11.5 Å². The minimum absolute atomic E-state index is 0.00629. The van der Waals surface area contributed by atoms with Gasteiger partial charge in [-0.3, -0.25) is 24.1 Å². The first-order valence-electron chi connectivity index (χ1n) is 11.2. The molecule has 0 aliphatic heterocycles. The lowest BCUT2D eigenvalue weighted by atomic mass is 10.1. The van der Waals surface area contributed by atoms with Gasteiger partial charge in [0.15, 0.2) is 5.69 Å². The second kappa shape index (κ2) is 10.7. The predicted molar refractivity (Wildman–Crippen MR) is 131 cm³/mol. The van der Waals surface area contributed by atoms with Crippen molar-refractivity contribution < 1.29 is 4.79 Å². The van der Waals surface area contributed by atoms with Gasteiger partial charge in [0, 0.05) is 19.2 Å². The summed E-state index contributed by atoms with van der Waals surface area (Å²) < 4.78 is 1.31. The van der Waals surface area contributed by atoms with Crippen molar-refractivity contribution in [3.05, 3.63) is 63.1 Å². The lowest BCUT2D eigenvalue weighted by Gasteiger charge is -2.24. The van der Waals surface area contributed by atoms with Crippen LogP contribution in [0, 0.1) is 5.92 Å². The average Bonchev–Trinajstić information content (AvgIpc) is 2.79. The monoisotopic (exact) mass is 450 g/mol. The number of nitrogen functional groups attached to an aromatic ring is 1. The molecule has 0 saturated heterocycles. The molecule has 0 saturated carbocycles. The molecule has 0 unspecified atom stereocenters. The zero-order valence-electron chi connectivity index (χ0n) is 19.2. The number of benzene rings is 1. The van der Waals surface area contributed by atoms with Crippen LogP contribution in [0.1, 0.15) is 45.7 Å². The second-order valence-corrected chi connectivity index (χ2v) is 8.29. The summed E-state index contributed by atoms with van der Waals surface area (Å²) in [6, 6.07) is 7.45. The molecule has 3 rings (SSSR count). The molecule has 0 aliphatic carbocycles. The van der Waals surface area contributed by atoms with E-state index in [0.717, 1.165) is 18.4 Å². The van der Waals surface area contributed by atoms with E-state index in [1.54, 1.807) is 12.3 Å². The summed E-state index contributed by atoms with van der Waals surface area (Å²) in [5.74, 6) is -0.140. The van der Waals surface area contributed by atoms with E-state index in [0.29, 0.717) is 30.1 Å². The lowest BCUT2D eigenvalue weighted by molar-refractivity contribution is -0.114. The minimum Gasteiger partial charge on any atom is -0.383 e. The van der Waals surface area contributed by atoms with Gasteiger partial charge in [-0.1, -0.05) is 39.3 Å². The molecule has 1 aromatic carbocycles. The van der Waals surface area contributed by atoms with E-state index in [2.05, 4.69) is 15.0 Å². The predicted octanol–water partition coefficient (Wildman–Crippen LogP) is 2.95. The van der Waals surface area contributed by atoms with E-state index in [-0.39, 0.29) is 18.1 Å². The highest BCUT2D eigenvalue weighted by Crippen LogP contribution is 2.19. The quantitative estimate of drug-likeness (QED) is 0.483. The van der Waals surface area contributed by atoms with Crippen LogP contribution in [0.3, 0.4) is 0 Å². The molecule has 0 aliphatic rings. The number of para-hydroxylation sites is 2. The van der Waals surface area contributed by atoms with Gasteiger partial charge in [-0.2, -0.15) is 0 Å². The summed E-state index contributed by atoms with van der Waals surface area (Å²) >= 11 is 0. The van der Waals surface area contributed by atoms with Crippen LogP contribution in [0.5, 0.6) is 0 Å². The van der Waals surface area contributed by atoms with Crippen LogP contribution in [0.2, 0.25) is 0 Å². The fourth-order valence-corrected chi connectivity index (χ4v) is 3.39. The van der Waals surface area contributed by atoms with Crippen LogP contribution in [0.25, 0.3) is 17.1 Å². The number of unbranched alkanes of at least 4 members (excludes halogenated alkanes) is 1. The number of aromatic nitrogens is 4. The van der Waals surface area contributed by atoms with Crippen molar-refractivity contribution in [3.63, 3.8) is 0 Å². The number of hydrogen-bond acceptors (Lipinski definition) is 6. The number of H-pyrrole nitrogens is 1. The third-order valence-electron chi connectivity index (χ3n) is 5.28. The Kier molecular flexibility index (Phi) is 7.76. The Hall–Kier alpha value is -3.75. The van der Waals surface area contributed by atoms with Crippen molar-refractivity contribution in [1.82, 2.24) is 19.5 Å². The number of carbonyl (C=O) groups is 1. The van der Waals surface area contributed by atoms with Crippen molar-refractivity contribution in [3.8, 4) is 0 Å². The number of fused-ring (bicyclic) bond motifs is 1. The van der Waals surface area contributed by atoms with Crippen molar-refractivity contribution >= 4 is 34.5 Å². The number of nitrogens with two attached hydrogens (primary N) is 1. The normalized spacial score (nSPS) is 11.5. The first kappa shape index (κ1) is 23.9. The highest BCUT2D eigenvalue weighted by atomic mass is 16.2. The van der Waals surface area contributed by atoms with Gasteiger partial charge in [0.25, 0.3) is 11.5 Å². The average molecular weight is 451 g/mol. The second-order valence-electron chi connectivity index (χ2n) is 8.29. The molecule has 3 aromatic rings. The van der Waals surface area contributed by atoms with Crippen LogP contribution >= 0.6 is 0 Å². The van der Waals surface area contributed by atoms with Crippen LogP contribution in [-0.2, 0) is 11.3 Å². The molecular weight excluding hydrogens is 420 g/mol. The third kappa shape index (κ3) is 5.74. The number of amides is 1. The molecule has 1 amide bonds. The summed E-state index contributed by atoms with van der Waals surface area (Å²) in [6.07, 6.45) is 6.71. The summed E-state index contributed by atoms with van der Waals surface area (Å²) in [7, 11) is 0. The van der Waals surface area contributed by atoms with Crippen LogP contribution in [0.15, 0.2) is 46.1 Å². The van der Waals surface area contributed by atoms with Crippen LogP contribution in [-0.4, -0.2) is 32.0 Å². The van der Waals surface area contributed by atoms with Gasteiger partial charge < -0.3 is 10.6 Å². The van der Waals surface area contributed by atoms with Gasteiger partial charge in [0.2, 0.25) is 0 Å². The number of rotatable bonds is 9. The maximum absolute atomic E-state index is 13.2. The van der Waals surface area contributed by atoms with Crippen LogP contribution < -0.4 is 21.9 Å². The molecular formula is C24H30N6O3. The van der Waals surface area contributed by atoms with Crippen molar-refractivity contribution in [2.24, 2.45) is 5.92 Å². The highest BCUT2D eigenvalue weighted by molar-refractivity contribution is 6.05. The number of hydrogen-bond donors (Lipinski definition) is 2. The molecule has 0 radical (unpaired) electrons. The first-order chi connectivity index (χ1) is 15.8. The Morgan fingerprint density at radius 1 is 1.24 bits per heavy atom. The summed E-state index contributed by atoms with van der Waals surface area (Å²) in [5.41, 5.74) is 6.97. The molecule has 0 fully saturated rings. The largest absolute Gasteiger partial charge is 0.383 e. The zero-order valence-corrected chi connectivity index (χ0v) is 19.2. The Bertz CT molecular complexity index is 1280.